The summed E-state index contributed by atoms with van der Waals surface area (Å²) < 4.78 is 0. The van der Waals surface area contributed by atoms with E-state index in [0.717, 1.165) is 57.8 Å². The SMILES string of the molecule is CC(C)(C)CC(=O)C(C)(C)C.CC(C)(C)CC(=O)CC(C)(C)C.CC(C)(C)CCC(=O)CC(C)(C)C.CC(C)(C)CCCC(=O)CC(C)(C)C.CN(C(=O)C(C)(C)C)C(C)(C)C.CN(C(=O)CC(C)(C)C)C(C)(C)C.CN(C(=O)CCC(C)(C)C)C(C)(C)C.CN(C(=O)CCCC(C)(C)C)C(C)(C)C. The van der Waals surface area contributed by atoms with E-state index in [1.54, 1.807) is 4.90 Å². The Labute approximate surface area is 651 Å². The first-order valence-corrected chi connectivity index (χ1v) is 39.8. The Bertz CT molecular complexity index is 2420. The van der Waals surface area contributed by atoms with Crippen molar-refractivity contribution in [3.8, 4) is 0 Å². The molecule has 0 aliphatic carbocycles. The number of hydrogen-bond donors (Lipinski definition) is 0. The lowest BCUT2D eigenvalue weighted by Crippen LogP contribution is -2.47. The van der Waals surface area contributed by atoms with E-state index in [1.165, 1.54) is 0 Å². The molecule has 0 atom stereocenters. The van der Waals surface area contributed by atoms with Gasteiger partial charge in [0.05, 0.1) is 0 Å². The second-order valence-corrected chi connectivity index (χ2v) is 48.3. The third-order valence-corrected chi connectivity index (χ3v) is 16.2. The van der Waals surface area contributed by atoms with Gasteiger partial charge < -0.3 is 19.6 Å². The first kappa shape index (κ1) is 116. The van der Waals surface area contributed by atoms with Gasteiger partial charge in [-0.3, -0.25) is 38.4 Å². The highest BCUT2D eigenvalue weighted by Crippen LogP contribution is 2.31. The van der Waals surface area contributed by atoms with E-state index in [0.29, 0.717) is 78.9 Å². The predicted molar refractivity (Wildman–Crippen MR) is 457 cm³/mol. The molecule has 0 spiro atoms. The molecule has 0 N–H and O–H groups in total. The van der Waals surface area contributed by atoms with Crippen molar-refractivity contribution < 1.29 is 38.4 Å². The maximum atomic E-state index is 11.8. The fraction of sp³-hybridized carbons (Fsp3) is 0.913. The molecular weight excluding hydrogens is 1290 g/mol. The van der Waals surface area contributed by atoms with Crippen LogP contribution in [0.3, 0.4) is 0 Å². The maximum Gasteiger partial charge on any atom is 0.228 e. The quantitative estimate of drug-likeness (QED) is 0.148. The second-order valence-electron chi connectivity index (χ2n) is 48.3. The number of rotatable bonds is 16. The van der Waals surface area contributed by atoms with E-state index >= 15 is 0 Å². The molecule has 12 nitrogen and oxygen atoms in total. The largest absolute Gasteiger partial charge is 0.341 e. The molecule has 0 radical (unpaired) electrons. The minimum absolute atomic E-state index is 0.0567. The summed E-state index contributed by atoms with van der Waals surface area (Å²) in [7, 11) is 7.49. The number of Topliss-reactive ketones (excluding diaryl/α,β-unsaturated/α-hetero) is 4. The molecule has 0 aromatic carbocycles. The van der Waals surface area contributed by atoms with Gasteiger partial charge in [-0.05, 0) is 176 Å². The summed E-state index contributed by atoms with van der Waals surface area (Å²) in [6.45, 7) is 101. The maximum absolute atomic E-state index is 11.8. The first-order valence-electron chi connectivity index (χ1n) is 39.8. The van der Waals surface area contributed by atoms with Crippen LogP contribution in [0.1, 0.15) is 435 Å². The molecule has 0 aliphatic rings. The molecule has 0 saturated carbocycles. The fourth-order valence-electron chi connectivity index (χ4n) is 8.77. The molecule has 0 aromatic rings. The molecule has 0 bridgehead atoms. The molecule has 0 saturated heterocycles. The molecule has 4 amide bonds. The second kappa shape index (κ2) is 46.3. The zero-order valence-electron chi connectivity index (χ0n) is 80.4. The minimum atomic E-state index is -0.276. The fourth-order valence-corrected chi connectivity index (χ4v) is 8.77. The van der Waals surface area contributed by atoms with Gasteiger partial charge in [0, 0.05) is 125 Å². The number of hydrogen-bond acceptors (Lipinski definition) is 8. The Balaban J connectivity index is -0.000000169. The average Bonchev–Trinajstić information content (AvgIpc) is 0.856. The van der Waals surface area contributed by atoms with Crippen molar-refractivity contribution in [1.29, 1.82) is 0 Å². The van der Waals surface area contributed by atoms with Gasteiger partial charge in [0.25, 0.3) is 0 Å². The number of carbonyl (C=O) groups excluding carboxylic acids is 8. The lowest BCUT2D eigenvalue weighted by atomic mass is 9.80. The zero-order valence-corrected chi connectivity index (χ0v) is 80.4. The van der Waals surface area contributed by atoms with E-state index in [1.807, 2.05) is 126 Å². The molecule has 0 rings (SSSR count). The predicted octanol–water partition coefficient (Wildman–Crippen LogP) is 26.0. The van der Waals surface area contributed by atoms with Crippen LogP contribution in [0.25, 0.3) is 0 Å². The average molecular weight is 1480 g/mol. The smallest absolute Gasteiger partial charge is 0.228 e. The zero-order chi connectivity index (χ0) is 86.2. The highest BCUT2D eigenvalue weighted by molar-refractivity contribution is 5.84. The third kappa shape index (κ3) is 85.8. The third-order valence-electron chi connectivity index (χ3n) is 16.2. The number of amides is 4. The summed E-state index contributed by atoms with van der Waals surface area (Å²) in [6.07, 6.45) is 13.2. The first-order chi connectivity index (χ1) is 44.6. The Morgan fingerprint density at radius 3 is 0.635 bits per heavy atom. The van der Waals surface area contributed by atoms with Crippen molar-refractivity contribution in [1.82, 2.24) is 19.6 Å². The number of carbonyl (C=O) groups is 8. The van der Waals surface area contributed by atoms with Gasteiger partial charge in [-0.25, -0.2) is 0 Å². The van der Waals surface area contributed by atoms with Crippen LogP contribution in [0.4, 0.5) is 0 Å². The molecule has 0 unspecified atom stereocenters. The van der Waals surface area contributed by atoms with Crippen LogP contribution in [0.5, 0.6) is 0 Å². The highest BCUT2D eigenvalue weighted by atomic mass is 16.2. The lowest BCUT2D eigenvalue weighted by molar-refractivity contribution is -0.142. The Hall–Kier alpha value is -3.44. The van der Waals surface area contributed by atoms with Gasteiger partial charge in [-0.15, -0.1) is 0 Å². The Morgan fingerprint density at radius 2 is 0.423 bits per heavy atom. The van der Waals surface area contributed by atoms with Crippen molar-refractivity contribution >= 4 is 46.8 Å². The van der Waals surface area contributed by atoms with Crippen molar-refractivity contribution in [3.63, 3.8) is 0 Å². The minimum Gasteiger partial charge on any atom is -0.341 e. The molecular formula is C92H188N4O8. The molecule has 0 fully saturated rings. The van der Waals surface area contributed by atoms with Crippen LogP contribution in [0, 0.1) is 65.0 Å². The normalized spacial score (nSPS) is 13.0. The van der Waals surface area contributed by atoms with E-state index in [4.69, 9.17) is 0 Å². The van der Waals surface area contributed by atoms with Crippen molar-refractivity contribution in [2.75, 3.05) is 28.2 Å². The van der Waals surface area contributed by atoms with Gasteiger partial charge in [0.15, 0.2) is 0 Å². The van der Waals surface area contributed by atoms with Gasteiger partial charge in [-0.1, -0.05) is 249 Å². The van der Waals surface area contributed by atoms with Gasteiger partial charge >= 0.3 is 0 Å². The Morgan fingerprint density at radius 1 is 0.202 bits per heavy atom. The van der Waals surface area contributed by atoms with Crippen LogP contribution in [0.2, 0.25) is 0 Å². The standard InChI is InChI=1S/C13H27NO.C13H26O.C12H25NO.C12H24O.C11H23NO.C11H22O.C10H21NO.C10H20O/c1-12(2,3)10-8-9-11(15)14(7)13(4,5)6;1-12(2,3)9-7-8-11(14)10-13(4,5)6;1-11(2,3)9-8-10(14)13(7)12(4,5)6;1-11(2,3)8-7-10(13)9-12(4,5)6;1-10(2,3)8-9(13)12(7)11(4,5)6;1-10(2,3)7-9(12)8-11(4,5)6;1-9(2,3)8(12)11(7)10(4,5)6;1-9(2,3)7-8(11)10(4,5)6/h8-10H2,1-7H3;7-10H2,1-6H3;8-9H2,1-7H3;7-9H2,1-6H3;8H2,1-7H3;7-8H2,1-6H3;1-7H3;7H2,1-6H3. The summed E-state index contributed by atoms with van der Waals surface area (Å²) in [5, 5.41) is 0. The number of nitrogens with zero attached hydrogens (tertiary/aromatic N) is 4. The van der Waals surface area contributed by atoms with Crippen LogP contribution < -0.4 is 0 Å². The van der Waals surface area contributed by atoms with Crippen LogP contribution in [0.15, 0.2) is 0 Å². The molecule has 624 valence electrons. The van der Waals surface area contributed by atoms with Crippen molar-refractivity contribution in [2.45, 2.75) is 457 Å². The summed E-state index contributed by atoms with van der Waals surface area (Å²) >= 11 is 0. The van der Waals surface area contributed by atoms with E-state index in [2.05, 4.69) is 249 Å². The Kier molecular flexibility index (Phi) is 51.8. The summed E-state index contributed by atoms with van der Waals surface area (Å²) in [5.74, 6) is 2.47. The molecule has 104 heavy (non-hydrogen) atoms. The molecule has 0 heterocycles. The van der Waals surface area contributed by atoms with Crippen LogP contribution >= 0.6 is 0 Å². The summed E-state index contributed by atoms with van der Waals surface area (Å²) in [5.41, 5.74) is 1.31. The summed E-state index contributed by atoms with van der Waals surface area (Å²) in [4.78, 5) is 100. The van der Waals surface area contributed by atoms with Crippen LogP contribution in [-0.2, 0) is 38.4 Å². The summed E-state index contributed by atoms with van der Waals surface area (Å²) in [6, 6.07) is 0. The molecule has 12 heteroatoms. The highest BCUT2D eigenvalue weighted by Gasteiger charge is 2.32. The van der Waals surface area contributed by atoms with Crippen LogP contribution in [-0.4, -0.2) is 117 Å². The van der Waals surface area contributed by atoms with E-state index in [9.17, 15) is 38.4 Å². The van der Waals surface area contributed by atoms with Gasteiger partial charge in [0.2, 0.25) is 23.6 Å². The van der Waals surface area contributed by atoms with Gasteiger partial charge in [-0.2, -0.15) is 0 Å². The van der Waals surface area contributed by atoms with Gasteiger partial charge in [0.1, 0.15) is 23.1 Å². The molecule has 0 aliphatic heterocycles. The number of ketones is 4. The lowest BCUT2D eigenvalue weighted by Gasteiger charge is -2.36. The molecule has 0 aromatic heterocycles. The van der Waals surface area contributed by atoms with Crippen molar-refractivity contribution in [3.05, 3.63) is 0 Å². The topological polar surface area (TPSA) is 150 Å². The monoisotopic (exact) mass is 1480 g/mol. The van der Waals surface area contributed by atoms with E-state index in [-0.39, 0.29) is 99.9 Å². The van der Waals surface area contributed by atoms with Crippen molar-refractivity contribution in [2.24, 2.45) is 65.0 Å². The van der Waals surface area contributed by atoms with E-state index < -0.39 is 0 Å².